The number of rotatable bonds is 3. The highest BCUT2D eigenvalue weighted by atomic mass is 31.2. The molecule has 2 fully saturated rings. The van der Waals surface area contributed by atoms with Gasteiger partial charge in [0, 0.05) is 0 Å². The lowest BCUT2D eigenvalue weighted by molar-refractivity contribution is -0.154. The number of aromatic nitrogens is 4. The van der Waals surface area contributed by atoms with Crippen LogP contribution < -0.4 is 16.8 Å². The standard InChI is InChI=1S/C11H15N6O7P/c1-10(19)8(23-4-5(11(4,10)20)24-25(13,21)22)17-2-14-3-6(17)15-9(12)16-7(3)18/h2,4-5,8,19-20H,1H3,(H3,13,21,22)(H3,12,15,16,18). The molecule has 14 heteroatoms. The zero-order chi connectivity index (χ0) is 18.4. The van der Waals surface area contributed by atoms with Gasteiger partial charge in [-0.2, -0.15) is 4.98 Å². The lowest BCUT2D eigenvalue weighted by Gasteiger charge is -2.33. The number of nitrogens with two attached hydrogens (primary N) is 2. The Morgan fingerprint density at radius 3 is 2.76 bits per heavy atom. The summed E-state index contributed by atoms with van der Waals surface area (Å²) in [6.07, 6.45) is -2.38. The first-order chi connectivity index (χ1) is 11.5. The van der Waals surface area contributed by atoms with Gasteiger partial charge >= 0.3 is 7.75 Å². The molecule has 2 aliphatic rings. The van der Waals surface area contributed by atoms with Crippen LogP contribution in [-0.4, -0.2) is 58.0 Å². The number of H-pyrrole nitrogens is 1. The Morgan fingerprint density at radius 2 is 2.20 bits per heavy atom. The summed E-state index contributed by atoms with van der Waals surface area (Å²) in [6, 6.07) is 0. The Labute approximate surface area is 138 Å². The van der Waals surface area contributed by atoms with E-state index in [0.717, 1.165) is 0 Å². The van der Waals surface area contributed by atoms with Gasteiger partial charge in [-0.05, 0) is 6.92 Å². The smallest absolute Gasteiger partial charge is 0.382 e. The van der Waals surface area contributed by atoms with Gasteiger partial charge in [-0.25, -0.2) is 15.1 Å². The average molecular weight is 374 g/mol. The lowest BCUT2D eigenvalue weighted by atomic mass is 9.95. The predicted molar refractivity (Wildman–Crippen MR) is 80.9 cm³/mol. The molecule has 13 nitrogen and oxygen atoms in total. The fourth-order valence-electron chi connectivity index (χ4n) is 3.28. The maximum Gasteiger partial charge on any atom is 0.400 e. The van der Waals surface area contributed by atoms with E-state index in [0.29, 0.717) is 0 Å². The molecular weight excluding hydrogens is 359 g/mol. The van der Waals surface area contributed by atoms with Crippen LogP contribution in [0.2, 0.25) is 0 Å². The van der Waals surface area contributed by atoms with E-state index in [2.05, 4.69) is 19.5 Å². The second kappa shape index (κ2) is 4.65. The van der Waals surface area contributed by atoms with Crippen LogP contribution in [0.4, 0.5) is 5.95 Å². The van der Waals surface area contributed by atoms with Crippen molar-refractivity contribution in [1.29, 1.82) is 0 Å². The van der Waals surface area contributed by atoms with Gasteiger partial charge in [0.15, 0.2) is 23.0 Å². The summed E-state index contributed by atoms with van der Waals surface area (Å²) in [7, 11) is -4.39. The number of imidazole rings is 1. The summed E-state index contributed by atoms with van der Waals surface area (Å²) in [4.78, 5) is 31.1. The summed E-state index contributed by atoms with van der Waals surface area (Å²) in [6.45, 7) is 1.25. The number of fused-ring (bicyclic) bond motifs is 2. The highest BCUT2D eigenvalue weighted by Gasteiger charge is 2.83. The maximum absolute atomic E-state index is 11.8. The number of hydrogen-bond donors (Lipinski definition) is 6. The summed E-state index contributed by atoms with van der Waals surface area (Å²) in [5.74, 6) is -0.161. The topological polar surface area (TPSA) is 212 Å². The van der Waals surface area contributed by atoms with Crippen molar-refractivity contribution >= 4 is 24.9 Å². The van der Waals surface area contributed by atoms with Crippen LogP contribution in [0.15, 0.2) is 11.1 Å². The molecule has 8 N–H and O–H groups in total. The quantitative estimate of drug-likeness (QED) is 0.310. The van der Waals surface area contributed by atoms with Crippen molar-refractivity contribution in [2.75, 3.05) is 5.73 Å². The van der Waals surface area contributed by atoms with Crippen molar-refractivity contribution in [3.05, 3.63) is 16.7 Å². The van der Waals surface area contributed by atoms with Crippen molar-refractivity contribution in [2.24, 2.45) is 5.50 Å². The monoisotopic (exact) mass is 374 g/mol. The number of nitrogens with zero attached hydrogens (tertiary/aromatic N) is 3. The number of aliphatic hydroxyl groups is 2. The van der Waals surface area contributed by atoms with E-state index in [9.17, 15) is 19.6 Å². The van der Waals surface area contributed by atoms with E-state index in [-0.39, 0.29) is 17.1 Å². The van der Waals surface area contributed by atoms with Gasteiger partial charge < -0.3 is 25.6 Å². The number of ether oxygens (including phenoxy) is 1. The molecule has 0 bridgehead atoms. The molecule has 6 unspecified atom stereocenters. The van der Waals surface area contributed by atoms with Gasteiger partial charge in [-0.15, -0.1) is 0 Å². The Hall–Kier alpha value is -1.86. The Morgan fingerprint density at radius 1 is 1.52 bits per heavy atom. The van der Waals surface area contributed by atoms with Gasteiger partial charge in [0.05, 0.1) is 6.33 Å². The molecule has 1 saturated heterocycles. The number of hydrogen-bond acceptors (Lipinski definition) is 9. The minimum Gasteiger partial charge on any atom is -0.382 e. The van der Waals surface area contributed by atoms with Crippen LogP contribution in [0.1, 0.15) is 13.2 Å². The van der Waals surface area contributed by atoms with Crippen LogP contribution >= 0.6 is 7.75 Å². The molecule has 6 atom stereocenters. The summed E-state index contributed by atoms with van der Waals surface area (Å²) >= 11 is 0. The first kappa shape index (κ1) is 16.6. The molecular formula is C11H15N6O7P. The van der Waals surface area contributed by atoms with Crippen molar-refractivity contribution in [3.8, 4) is 0 Å². The molecule has 25 heavy (non-hydrogen) atoms. The average Bonchev–Trinajstić information content (AvgIpc) is 2.78. The maximum atomic E-state index is 11.8. The number of nitrogens with one attached hydrogen (secondary N) is 1. The molecule has 0 aromatic carbocycles. The minimum atomic E-state index is -4.39. The SMILES string of the molecule is CC1(O)C(n2cnc3c(=O)[nH]c(N)nc32)OC2C(OP(N)(=O)O)C21O. The van der Waals surface area contributed by atoms with E-state index in [1.165, 1.54) is 17.8 Å². The van der Waals surface area contributed by atoms with Gasteiger partial charge in [0.25, 0.3) is 5.56 Å². The molecule has 2 aromatic rings. The zero-order valence-electron chi connectivity index (χ0n) is 12.7. The lowest BCUT2D eigenvalue weighted by Crippen LogP contribution is -2.48. The first-order valence-electron chi connectivity index (χ1n) is 7.09. The predicted octanol–water partition coefficient (Wildman–Crippen LogP) is -2.46. The van der Waals surface area contributed by atoms with Crippen molar-refractivity contribution in [3.63, 3.8) is 0 Å². The molecule has 2 aromatic heterocycles. The molecule has 4 rings (SSSR count). The van der Waals surface area contributed by atoms with Crippen LogP contribution in [0.25, 0.3) is 11.2 Å². The molecule has 0 amide bonds. The molecule has 136 valence electrons. The van der Waals surface area contributed by atoms with E-state index in [1.54, 1.807) is 0 Å². The molecule has 1 aliphatic carbocycles. The van der Waals surface area contributed by atoms with E-state index >= 15 is 0 Å². The van der Waals surface area contributed by atoms with Gasteiger partial charge in [0.1, 0.15) is 17.8 Å². The fraction of sp³-hybridized carbons (Fsp3) is 0.545. The summed E-state index contributed by atoms with van der Waals surface area (Å²) in [5, 5.41) is 21.4. The Kier molecular flexibility index (Phi) is 3.09. The molecule has 0 spiro atoms. The fourth-order valence-corrected chi connectivity index (χ4v) is 3.88. The molecule has 1 aliphatic heterocycles. The van der Waals surface area contributed by atoms with Gasteiger partial charge in [-0.1, -0.05) is 0 Å². The number of aromatic amines is 1. The van der Waals surface area contributed by atoms with Crippen LogP contribution in [0.3, 0.4) is 0 Å². The van der Waals surface area contributed by atoms with Crippen LogP contribution in [-0.2, 0) is 13.8 Å². The Balaban J connectivity index is 1.74. The number of nitrogen functional groups attached to an aromatic ring is 1. The van der Waals surface area contributed by atoms with Crippen molar-refractivity contribution in [2.45, 2.75) is 36.6 Å². The van der Waals surface area contributed by atoms with Crippen LogP contribution in [0.5, 0.6) is 0 Å². The number of anilines is 1. The van der Waals surface area contributed by atoms with E-state index in [4.69, 9.17) is 20.9 Å². The van der Waals surface area contributed by atoms with E-state index < -0.39 is 42.9 Å². The third kappa shape index (κ3) is 2.12. The second-order valence-electron chi connectivity index (χ2n) is 6.25. The highest BCUT2D eigenvalue weighted by Crippen LogP contribution is 2.63. The largest absolute Gasteiger partial charge is 0.400 e. The van der Waals surface area contributed by atoms with Gasteiger partial charge in [-0.3, -0.25) is 18.9 Å². The first-order valence-corrected chi connectivity index (χ1v) is 8.74. The van der Waals surface area contributed by atoms with Gasteiger partial charge in [0.2, 0.25) is 5.95 Å². The van der Waals surface area contributed by atoms with Crippen molar-refractivity contribution < 1.29 is 28.9 Å². The van der Waals surface area contributed by atoms with Crippen LogP contribution in [0, 0.1) is 0 Å². The summed E-state index contributed by atoms with van der Waals surface area (Å²) < 4.78 is 22.7. The minimum absolute atomic E-state index is 0.0317. The normalized spacial score (nSPS) is 39.3. The Bertz CT molecular complexity index is 981. The molecule has 0 radical (unpaired) electrons. The third-order valence-corrected chi connectivity index (χ3v) is 5.10. The highest BCUT2D eigenvalue weighted by molar-refractivity contribution is 7.50. The second-order valence-corrected chi connectivity index (χ2v) is 7.59. The van der Waals surface area contributed by atoms with E-state index in [1.807, 2.05) is 0 Å². The zero-order valence-corrected chi connectivity index (χ0v) is 13.6. The van der Waals surface area contributed by atoms with Crippen molar-refractivity contribution in [1.82, 2.24) is 19.5 Å². The third-order valence-electron chi connectivity index (χ3n) is 4.57. The summed E-state index contributed by atoms with van der Waals surface area (Å²) in [5.41, 5.74) is 5.94. The molecule has 3 heterocycles. The molecule has 1 saturated carbocycles.